The fourth-order valence-corrected chi connectivity index (χ4v) is 7.04. The molecule has 0 atom stereocenters. The van der Waals surface area contributed by atoms with Crippen LogP contribution in [-0.4, -0.2) is 72.0 Å². The van der Waals surface area contributed by atoms with Crippen molar-refractivity contribution in [1.29, 1.82) is 0 Å². The van der Waals surface area contributed by atoms with Gasteiger partial charge in [0.05, 0.1) is 0 Å². The van der Waals surface area contributed by atoms with Crippen LogP contribution in [0, 0.1) is 5.11 Å². The van der Waals surface area contributed by atoms with Crippen molar-refractivity contribution in [3.05, 3.63) is 130 Å². The first-order valence-electron chi connectivity index (χ1n) is 16.6. The molecule has 7 rings (SSSR count). The van der Waals surface area contributed by atoms with Gasteiger partial charge in [0, 0.05) is 0 Å². The third kappa shape index (κ3) is 5.74. The maximum atomic E-state index is 7.36. The number of rotatable bonds is 6. The fourth-order valence-electron chi connectivity index (χ4n) is 7.04. The minimum absolute atomic E-state index is 0.154. The van der Waals surface area contributed by atoms with Crippen LogP contribution in [0.2, 0.25) is 0 Å². The van der Waals surface area contributed by atoms with E-state index >= 15 is 0 Å². The Labute approximate surface area is 309 Å². The van der Waals surface area contributed by atoms with E-state index in [9.17, 15) is 0 Å². The van der Waals surface area contributed by atoms with Gasteiger partial charge in [0.1, 0.15) is 0 Å². The molecule has 223 valence electrons. The molecule has 0 saturated heterocycles. The molecule has 0 fully saturated rings. The van der Waals surface area contributed by atoms with Crippen LogP contribution in [0.15, 0.2) is 114 Å². The Hall–Kier alpha value is -4.82. The summed E-state index contributed by atoms with van der Waals surface area (Å²) in [6.45, 7) is 3.77. The van der Waals surface area contributed by atoms with Gasteiger partial charge in [-0.3, -0.25) is 0 Å². The molecule has 0 aliphatic rings. The van der Waals surface area contributed by atoms with E-state index in [1.54, 1.807) is 6.92 Å². The number of benzene rings is 6. The van der Waals surface area contributed by atoms with E-state index in [-0.39, 0.29) is 32.8 Å². The second-order valence-corrected chi connectivity index (χ2v) is 12.6. The van der Waals surface area contributed by atoms with E-state index in [4.69, 9.17) is 67.4 Å². The molecule has 0 saturated carbocycles. The number of allylic oxidation sites excluding steroid dienone is 2. The number of aromatic nitrogens is 2. The van der Waals surface area contributed by atoms with E-state index in [1.807, 2.05) is 97.1 Å². The van der Waals surface area contributed by atoms with E-state index in [1.165, 1.54) is 0 Å². The number of hydrogen-bond donors (Lipinski definition) is 0. The molecule has 6 aromatic carbocycles. The summed E-state index contributed by atoms with van der Waals surface area (Å²) in [4.78, 5) is 4.90. The van der Waals surface area contributed by atoms with Crippen molar-refractivity contribution >= 4 is 112 Å². The van der Waals surface area contributed by atoms with Gasteiger partial charge < -0.3 is 0 Å². The Morgan fingerprint density at radius 1 is 0.647 bits per heavy atom. The van der Waals surface area contributed by atoms with Crippen molar-refractivity contribution in [2.45, 2.75) is 20.3 Å². The van der Waals surface area contributed by atoms with Crippen molar-refractivity contribution in [2.75, 3.05) is 0 Å². The van der Waals surface area contributed by atoms with E-state index in [0.29, 0.717) is 44.1 Å². The van der Waals surface area contributed by atoms with Crippen LogP contribution in [-0.2, 0) is 6.42 Å². The molecule has 15 radical (unpaired) electrons. The zero-order valence-corrected chi connectivity index (χ0v) is 28.5. The number of fused-ring (bicyclic) bond motifs is 2. The summed E-state index contributed by atoms with van der Waals surface area (Å²) in [7, 11) is 54.4. The van der Waals surface area contributed by atoms with Crippen molar-refractivity contribution < 1.29 is 0 Å². The van der Waals surface area contributed by atoms with Gasteiger partial charge in [-0.1, -0.05) is 0 Å². The van der Waals surface area contributed by atoms with Crippen molar-refractivity contribution in [3.63, 3.8) is 0 Å². The molecule has 0 aliphatic heterocycles. The number of para-hydroxylation sites is 2. The second kappa shape index (κ2) is 13.7. The Kier molecular flexibility index (Phi) is 9.31. The predicted octanol–water partition coefficient (Wildman–Crippen LogP) is 3.18. The third-order valence-corrected chi connectivity index (χ3v) is 9.55. The Morgan fingerprint density at radius 2 is 1.24 bits per heavy atom. The summed E-state index contributed by atoms with van der Waals surface area (Å²) < 4.78 is 2.14. The topological polar surface area (TPSA) is 17.8 Å². The van der Waals surface area contributed by atoms with Gasteiger partial charge in [-0.2, -0.15) is 0 Å². The van der Waals surface area contributed by atoms with E-state index in [0.717, 1.165) is 44.8 Å². The monoisotopic (exact) mass is 633 g/mol. The van der Waals surface area contributed by atoms with Gasteiger partial charge in [0.25, 0.3) is 0 Å². The van der Waals surface area contributed by atoms with Crippen LogP contribution in [0.3, 0.4) is 0 Å². The quantitative estimate of drug-likeness (QED) is 0.258. The van der Waals surface area contributed by atoms with Crippen LogP contribution in [0.25, 0.3) is 66.3 Å². The summed E-state index contributed by atoms with van der Waals surface area (Å²) >= 11 is 0. The van der Waals surface area contributed by atoms with Crippen molar-refractivity contribution in [1.82, 2.24) is 9.55 Å². The number of nitrogens with zero attached hydrogens (tertiary/aromatic N) is 2. The molecule has 7 aromatic rings. The summed E-state index contributed by atoms with van der Waals surface area (Å²) in [5.74, 6) is 0.906. The standard InChI is InChI=1S/C41H25B8N2/c1-3-29-50-27-18-9-10-19-28(27)51(29)24-15-11-14-23(20-24)30-32-33(38(46)41(49)40(48)37(32)45)31(36(44)34(30)39(47)35(43)21(2)42)26-17-8-7-16-25(26)22-12-5-4-6-13-22/h4-20H,3H2,1-2H3/b35-21-,39-34+. The van der Waals surface area contributed by atoms with Crippen LogP contribution in [0.4, 0.5) is 0 Å². The molecule has 1 heterocycles. The maximum absolute atomic E-state index is 7.36. The molecule has 0 amide bonds. The summed E-state index contributed by atoms with van der Waals surface area (Å²) in [5, 5.41) is 1.85. The number of imidazole rings is 1. The zero-order chi connectivity index (χ0) is 36.1. The fraction of sp³-hybridized carbons (Fsp3) is 0.0732. The number of hydrogen-bond acceptors (Lipinski definition) is 1. The first kappa shape index (κ1) is 34.6. The molecule has 0 spiro atoms. The predicted molar refractivity (Wildman–Crippen MR) is 223 cm³/mol. The molecule has 1 aromatic heterocycles. The summed E-state index contributed by atoms with van der Waals surface area (Å²) in [5.41, 5.74) is 8.84. The minimum atomic E-state index is 0.154. The Bertz CT molecular complexity index is 2680. The van der Waals surface area contributed by atoms with Gasteiger partial charge in [-0.05, 0) is 0 Å². The summed E-state index contributed by atoms with van der Waals surface area (Å²) in [6.07, 6.45) is 0.715. The van der Waals surface area contributed by atoms with Crippen molar-refractivity contribution in [3.8, 4) is 39.1 Å². The van der Waals surface area contributed by atoms with Gasteiger partial charge in [0.2, 0.25) is 0 Å². The van der Waals surface area contributed by atoms with Crippen molar-refractivity contribution in [2.24, 2.45) is 0 Å². The van der Waals surface area contributed by atoms with E-state index < -0.39 is 0 Å². The first-order chi connectivity index (χ1) is 24.5. The van der Waals surface area contributed by atoms with Gasteiger partial charge >= 0.3 is 311 Å². The Balaban J connectivity index is 1.71. The van der Waals surface area contributed by atoms with Gasteiger partial charge in [0.15, 0.2) is 0 Å². The van der Waals surface area contributed by atoms with Crippen LogP contribution < -0.4 is 27.1 Å². The molecule has 0 N–H and O–H groups in total. The number of aryl methyl sites for hydroxylation is 1. The van der Waals surface area contributed by atoms with Gasteiger partial charge in [-0.15, -0.1) is 0 Å². The zero-order valence-electron chi connectivity index (χ0n) is 28.5. The molecule has 0 bridgehead atoms. The molecular formula is C41H25B8N2. The molecular weight excluding hydrogens is 607 g/mol. The average molecular weight is 632 g/mol. The normalized spacial score (nSPS) is 12.6. The van der Waals surface area contributed by atoms with E-state index in [2.05, 4.69) is 17.6 Å². The molecule has 51 heavy (non-hydrogen) atoms. The third-order valence-electron chi connectivity index (χ3n) is 9.55. The van der Waals surface area contributed by atoms with Crippen LogP contribution in [0.5, 0.6) is 0 Å². The van der Waals surface area contributed by atoms with Crippen LogP contribution >= 0.6 is 0 Å². The molecule has 0 aliphatic carbocycles. The second-order valence-electron chi connectivity index (χ2n) is 12.6. The molecule has 10 heteroatoms. The SMILES string of the molecule is [B]/C(C)=C([B])/C([B])=c1/c(-c2cccc(-n3c(CC)nc4ccccc43)c2)c2c([B])c([B])c([B])c([B])c2c(-c2ccccc2-c2ccccc2)c1=[B]. The molecule has 0 unspecified atom stereocenters. The average Bonchev–Trinajstić information content (AvgIpc) is 3.54. The summed E-state index contributed by atoms with van der Waals surface area (Å²) in [6, 6.07) is 34.0. The van der Waals surface area contributed by atoms with Crippen LogP contribution in [0.1, 0.15) is 19.7 Å². The Morgan fingerprint density at radius 3 is 1.90 bits per heavy atom. The first-order valence-corrected chi connectivity index (χ1v) is 16.6. The van der Waals surface area contributed by atoms with Gasteiger partial charge in [-0.25, -0.2) is 0 Å². The molecule has 2 nitrogen and oxygen atoms in total.